The summed E-state index contributed by atoms with van der Waals surface area (Å²) in [6.07, 6.45) is 0.615. The zero-order valence-corrected chi connectivity index (χ0v) is 11.9. The van der Waals surface area contributed by atoms with Gasteiger partial charge in [-0.25, -0.2) is 4.39 Å². The summed E-state index contributed by atoms with van der Waals surface area (Å²) >= 11 is 0. The number of furan rings is 1. The van der Waals surface area contributed by atoms with E-state index < -0.39 is 0 Å². The Morgan fingerprint density at radius 3 is 2.37 bits per heavy atom. The van der Waals surface area contributed by atoms with E-state index in [2.05, 4.69) is 5.32 Å². The number of nitrogens with one attached hydrogen (secondary N) is 1. The molecule has 1 heterocycles. The van der Waals surface area contributed by atoms with Gasteiger partial charge < -0.3 is 9.73 Å². The van der Waals surface area contributed by atoms with Crippen LogP contribution in [0.5, 0.6) is 0 Å². The molecule has 0 aliphatic heterocycles. The second-order valence-electron chi connectivity index (χ2n) is 4.89. The molecule has 0 spiro atoms. The highest BCUT2D eigenvalue weighted by atomic mass is 19.1. The van der Waals surface area contributed by atoms with Crippen LogP contribution in [-0.2, 0) is 6.42 Å². The first kappa shape index (κ1) is 13.8. The number of benzene rings is 1. The van der Waals surface area contributed by atoms with Gasteiger partial charge in [0.05, 0.1) is 0 Å². The molecule has 0 saturated carbocycles. The molecule has 0 saturated heterocycles. The molecule has 0 bridgehead atoms. The number of hydrogen-bond donors (Lipinski definition) is 1. The molecule has 1 unspecified atom stereocenters. The first-order chi connectivity index (χ1) is 9.04. The Morgan fingerprint density at radius 2 is 1.84 bits per heavy atom. The summed E-state index contributed by atoms with van der Waals surface area (Å²) in [5.41, 5.74) is 3.01. The van der Waals surface area contributed by atoms with Gasteiger partial charge in [0, 0.05) is 11.6 Å². The largest absolute Gasteiger partial charge is 0.466 e. The molecule has 1 aromatic heterocycles. The second-order valence-corrected chi connectivity index (χ2v) is 4.89. The van der Waals surface area contributed by atoms with Crippen LogP contribution in [0, 0.1) is 26.6 Å². The van der Waals surface area contributed by atoms with Gasteiger partial charge in [0.2, 0.25) is 0 Å². The van der Waals surface area contributed by atoms with E-state index in [9.17, 15) is 4.39 Å². The molecule has 0 amide bonds. The number of halogens is 1. The molecule has 2 nitrogen and oxygen atoms in total. The predicted molar refractivity (Wildman–Crippen MR) is 74.8 cm³/mol. The summed E-state index contributed by atoms with van der Waals surface area (Å²) in [5, 5.41) is 3.26. The molecule has 0 radical (unpaired) electrons. The minimum absolute atomic E-state index is 0.0642. The highest BCUT2D eigenvalue weighted by Gasteiger charge is 2.21. The van der Waals surface area contributed by atoms with E-state index in [1.807, 2.05) is 40.0 Å². The van der Waals surface area contributed by atoms with E-state index in [4.69, 9.17) is 4.42 Å². The average Bonchev–Trinajstić information content (AvgIpc) is 2.63. The number of hydrogen-bond acceptors (Lipinski definition) is 2. The summed E-state index contributed by atoms with van der Waals surface area (Å²) in [6.45, 7) is 5.97. The van der Waals surface area contributed by atoms with Gasteiger partial charge in [-0.2, -0.15) is 0 Å². The van der Waals surface area contributed by atoms with Crippen LogP contribution in [0.2, 0.25) is 0 Å². The van der Waals surface area contributed by atoms with Crippen molar-refractivity contribution in [2.45, 2.75) is 33.2 Å². The highest BCUT2D eigenvalue weighted by molar-refractivity contribution is 5.35. The summed E-state index contributed by atoms with van der Waals surface area (Å²) < 4.78 is 19.4. The summed E-state index contributed by atoms with van der Waals surface area (Å²) in [7, 11) is 1.90. The van der Waals surface area contributed by atoms with Crippen LogP contribution >= 0.6 is 0 Å². The minimum Gasteiger partial charge on any atom is -0.466 e. The molecule has 0 aliphatic rings. The van der Waals surface area contributed by atoms with Crippen molar-refractivity contribution in [1.82, 2.24) is 5.32 Å². The van der Waals surface area contributed by atoms with Gasteiger partial charge >= 0.3 is 0 Å². The fourth-order valence-corrected chi connectivity index (χ4v) is 2.55. The fourth-order valence-electron chi connectivity index (χ4n) is 2.55. The first-order valence-corrected chi connectivity index (χ1v) is 6.51. The highest BCUT2D eigenvalue weighted by Crippen LogP contribution is 2.29. The van der Waals surface area contributed by atoms with E-state index in [-0.39, 0.29) is 11.9 Å². The summed E-state index contributed by atoms with van der Waals surface area (Å²) in [5.74, 6) is 1.69. The first-order valence-electron chi connectivity index (χ1n) is 6.51. The van der Waals surface area contributed by atoms with Crippen molar-refractivity contribution in [2.75, 3.05) is 7.05 Å². The number of rotatable bonds is 4. The van der Waals surface area contributed by atoms with Crippen molar-refractivity contribution < 1.29 is 8.81 Å². The maximum atomic E-state index is 13.8. The third kappa shape index (κ3) is 2.71. The quantitative estimate of drug-likeness (QED) is 0.904. The Hall–Kier alpha value is -1.61. The molecule has 0 fully saturated rings. The fraction of sp³-hybridized carbons (Fsp3) is 0.375. The molecule has 1 N–H and O–H groups in total. The van der Waals surface area contributed by atoms with Gasteiger partial charge in [0.1, 0.15) is 17.3 Å². The van der Waals surface area contributed by atoms with E-state index in [1.165, 1.54) is 6.07 Å². The van der Waals surface area contributed by atoms with Crippen LogP contribution < -0.4 is 5.32 Å². The van der Waals surface area contributed by atoms with Crippen molar-refractivity contribution in [3.05, 3.63) is 58.3 Å². The third-order valence-corrected chi connectivity index (χ3v) is 3.70. The van der Waals surface area contributed by atoms with Gasteiger partial charge in [-0.05, 0) is 51.4 Å². The Bertz CT molecular complexity index is 574. The molecule has 1 atom stereocenters. The van der Waals surface area contributed by atoms with Crippen molar-refractivity contribution in [3.8, 4) is 0 Å². The van der Waals surface area contributed by atoms with Crippen LogP contribution in [-0.4, -0.2) is 7.05 Å². The molecular weight excluding hydrogens is 241 g/mol. The lowest BCUT2D eigenvalue weighted by Crippen LogP contribution is -2.20. The predicted octanol–water partition coefficient (Wildman–Crippen LogP) is 3.85. The van der Waals surface area contributed by atoms with Crippen molar-refractivity contribution in [3.63, 3.8) is 0 Å². The van der Waals surface area contributed by atoms with Crippen LogP contribution in [0.4, 0.5) is 4.39 Å². The van der Waals surface area contributed by atoms with Crippen LogP contribution in [0.1, 0.15) is 34.3 Å². The number of aryl methyl sites for hydroxylation is 2. The standard InChI is InChI=1S/C16H20FNO/c1-10-11(2)19-12(3)16(10)15(18-4)9-13-7-5-6-8-14(13)17/h5-8,15,18H,9H2,1-4H3. The monoisotopic (exact) mass is 261 g/mol. The molecule has 2 aromatic rings. The van der Waals surface area contributed by atoms with Crippen LogP contribution in [0.15, 0.2) is 28.7 Å². The molecule has 2 rings (SSSR count). The minimum atomic E-state index is -0.154. The van der Waals surface area contributed by atoms with Crippen LogP contribution in [0.3, 0.4) is 0 Å². The maximum absolute atomic E-state index is 13.8. The summed E-state index contributed by atoms with van der Waals surface area (Å²) in [4.78, 5) is 0. The van der Waals surface area contributed by atoms with E-state index in [0.29, 0.717) is 6.42 Å². The second kappa shape index (κ2) is 5.57. The van der Waals surface area contributed by atoms with E-state index in [1.54, 1.807) is 6.07 Å². The Balaban J connectivity index is 2.33. The average molecular weight is 261 g/mol. The van der Waals surface area contributed by atoms with Crippen molar-refractivity contribution >= 4 is 0 Å². The lowest BCUT2D eigenvalue weighted by molar-refractivity contribution is 0.487. The van der Waals surface area contributed by atoms with E-state index in [0.717, 1.165) is 28.2 Å². The SMILES string of the molecule is CNC(Cc1ccccc1F)c1c(C)oc(C)c1C. The molecule has 3 heteroatoms. The topological polar surface area (TPSA) is 25.2 Å². The van der Waals surface area contributed by atoms with Crippen molar-refractivity contribution in [1.29, 1.82) is 0 Å². The van der Waals surface area contributed by atoms with Crippen molar-refractivity contribution in [2.24, 2.45) is 0 Å². The maximum Gasteiger partial charge on any atom is 0.126 e. The lowest BCUT2D eigenvalue weighted by Gasteiger charge is -2.17. The molecule has 1 aromatic carbocycles. The van der Waals surface area contributed by atoms with E-state index >= 15 is 0 Å². The normalized spacial score (nSPS) is 12.7. The molecular formula is C16H20FNO. The molecule has 19 heavy (non-hydrogen) atoms. The van der Waals surface area contributed by atoms with Gasteiger partial charge in [-0.1, -0.05) is 18.2 Å². The lowest BCUT2D eigenvalue weighted by atomic mass is 9.95. The number of likely N-dealkylation sites (N-methyl/N-ethyl adjacent to an activating group) is 1. The molecule has 0 aliphatic carbocycles. The van der Waals surface area contributed by atoms with Gasteiger partial charge in [-0.3, -0.25) is 0 Å². The Kier molecular flexibility index (Phi) is 4.05. The zero-order chi connectivity index (χ0) is 14.0. The smallest absolute Gasteiger partial charge is 0.126 e. The van der Waals surface area contributed by atoms with Crippen LogP contribution in [0.25, 0.3) is 0 Å². The van der Waals surface area contributed by atoms with Gasteiger partial charge in [0.25, 0.3) is 0 Å². The van der Waals surface area contributed by atoms with Gasteiger partial charge in [-0.15, -0.1) is 0 Å². The Morgan fingerprint density at radius 1 is 1.16 bits per heavy atom. The third-order valence-electron chi connectivity index (χ3n) is 3.70. The summed E-state index contributed by atoms with van der Waals surface area (Å²) in [6, 6.07) is 6.98. The Labute approximate surface area is 113 Å². The zero-order valence-electron chi connectivity index (χ0n) is 11.9. The van der Waals surface area contributed by atoms with Gasteiger partial charge in [0.15, 0.2) is 0 Å². The molecule has 102 valence electrons.